The van der Waals surface area contributed by atoms with Gasteiger partial charge in [0.05, 0.1) is 40.0 Å². The third-order valence-electron chi connectivity index (χ3n) is 11.1. The molecule has 0 spiro atoms. The van der Waals surface area contributed by atoms with Crippen LogP contribution in [0.4, 0.5) is 0 Å². The van der Waals surface area contributed by atoms with Crippen LogP contribution in [0.15, 0.2) is 83.7 Å². The lowest BCUT2D eigenvalue weighted by Crippen LogP contribution is -2.22. The number of halogens is 4. The topological polar surface area (TPSA) is 135 Å². The second-order valence-electron chi connectivity index (χ2n) is 18.8. The van der Waals surface area contributed by atoms with E-state index < -0.39 is 16.1 Å². The lowest BCUT2D eigenvalue weighted by molar-refractivity contribution is 0.0897. The van der Waals surface area contributed by atoms with Gasteiger partial charge in [-0.15, -0.1) is 0 Å². The van der Waals surface area contributed by atoms with E-state index in [1.54, 1.807) is 14.2 Å². The van der Waals surface area contributed by atoms with Crippen molar-refractivity contribution in [1.29, 1.82) is 0 Å². The van der Waals surface area contributed by atoms with Crippen LogP contribution in [0.3, 0.4) is 0 Å². The molecule has 366 valence electrons. The Morgan fingerprint density at radius 2 is 1.09 bits per heavy atom. The number of nitrogens with zero attached hydrogens (tertiary/aromatic N) is 8. The van der Waals surface area contributed by atoms with Crippen molar-refractivity contribution in [1.82, 2.24) is 38.9 Å². The van der Waals surface area contributed by atoms with Crippen molar-refractivity contribution < 1.29 is 28.4 Å². The summed E-state index contributed by atoms with van der Waals surface area (Å²) in [7, 11) is 0.920. The molecule has 0 unspecified atom stereocenters. The number of hydrogen-bond acceptors (Lipinski definition) is 11. The molecule has 69 heavy (non-hydrogen) atoms. The van der Waals surface area contributed by atoms with E-state index in [9.17, 15) is 0 Å². The highest BCUT2D eigenvalue weighted by atomic mass is 79.9. The minimum absolute atomic E-state index is 0.0935. The molecule has 0 saturated carbocycles. The monoisotopic (exact) mass is 1090 g/mol. The minimum Gasteiger partial charge on any atom is -0.497 e. The molecule has 0 amide bonds. The highest BCUT2D eigenvalue weighted by Crippen LogP contribution is 2.42. The average molecular weight is 1100 g/mol. The van der Waals surface area contributed by atoms with Gasteiger partial charge in [0, 0.05) is 71.0 Å². The van der Waals surface area contributed by atoms with Crippen molar-refractivity contribution in [3.8, 4) is 34.4 Å². The van der Waals surface area contributed by atoms with E-state index in [1.165, 1.54) is 0 Å². The van der Waals surface area contributed by atoms with E-state index in [0.717, 1.165) is 85.1 Å². The van der Waals surface area contributed by atoms with E-state index in [4.69, 9.17) is 63.2 Å². The third-order valence-corrected chi connectivity index (χ3v) is 15.8. The van der Waals surface area contributed by atoms with Gasteiger partial charge in [0.1, 0.15) is 38.2 Å². The smallest absolute Gasteiger partial charge is 0.228 e. The summed E-state index contributed by atoms with van der Waals surface area (Å²) in [5, 5.41) is 7.81. The van der Waals surface area contributed by atoms with E-state index in [0.29, 0.717) is 61.4 Å². The molecule has 0 saturated heterocycles. The molecule has 0 fully saturated rings. The number of aromatic nitrogens is 8. The van der Waals surface area contributed by atoms with Crippen LogP contribution in [0.2, 0.25) is 67.0 Å². The molecule has 0 radical (unpaired) electrons. The van der Waals surface area contributed by atoms with Gasteiger partial charge < -0.3 is 37.6 Å². The van der Waals surface area contributed by atoms with Crippen LogP contribution in [0.25, 0.3) is 44.1 Å². The molecule has 8 rings (SSSR count). The summed E-state index contributed by atoms with van der Waals surface area (Å²) in [5.74, 6) is 2.39. The number of methoxy groups -OCH3 is 2. The molecule has 14 nitrogen and oxygen atoms in total. The van der Waals surface area contributed by atoms with E-state index in [-0.39, 0.29) is 10.6 Å². The Hall–Kier alpha value is -4.73. The standard InChI is InChI=1S/C29H33Cl2N5O3Si.C20H25BrClN3O3Si/c1-6-36-16-23-24(34-36)12-11-21(26(23)30)22-15-35(18-38-13-14-40(3,4)5)27-25(22)28(33-29(31)32-27)39-17-19-7-9-20(37-2)10-8-19;1-26-15-7-5-14(6-8-15)12-28-19-17-16(21)11-25(18(17)23-20(22)24-19)13-27-9-10-29(2,3)4/h7-12,15-16H,6,13-14,17-18H2,1-5H3;5-8,11H,9-10,12-13H2,1-4H3. The summed E-state index contributed by atoms with van der Waals surface area (Å²) in [4.78, 5) is 17.7. The summed E-state index contributed by atoms with van der Waals surface area (Å²) in [6, 6.07) is 21.5. The largest absolute Gasteiger partial charge is 0.497 e. The molecule has 8 aromatic rings. The minimum atomic E-state index is -1.23. The van der Waals surface area contributed by atoms with Gasteiger partial charge in [-0.25, -0.2) is 0 Å². The SMILES string of the molecule is CCn1cc2c(Cl)c(-c3cn(COCC[Si](C)(C)C)c4nc(Cl)nc(OCc5ccc(OC)cc5)c34)ccc2n1.COc1ccc(COc2nc(Cl)nc3c2c(Br)cn3COCC[Si](C)(C)C)cc1. The van der Waals surface area contributed by atoms with Crippen molar-refractivity contribution in [2.24, 2.45) is 0 Å². The molecule has 0 aliphatic carbocycles. The van der Waals surface area contributed by atoms with Gasteiger partial charge in [-0.05, 0) is 99.6 Å². The Morgan fingerprint density at radius 1 is 0.594 bits per heavy atom. The highest BCUT2D eigenvalue weighted by molar-refractivity contribution is 9.10. The Bertz CT molecular complexity index is 3010. The molecule has 0 N–H and O–H groups in total. The maximum atomic E-state index is 7.01. The molecule has 20 heteroatoms. The number of fused-ring (bicyclic) bond motifs is 3. The molecular weight excluding hydrogens is 1040 g/mol. The Morgan fingerprint density at radius 3 is 1.58 bits per heavy atom. The van der Waals surface area contributed by atoms with Gasteiger partial charge in [0.15, 0.2) is 11.3 Å². The van der Waals surface area contributed by atoms with Gasteiger partial charge in [-0.1, -0.05) is 81.2 Å². The average Bonchev–Trinajstić information content (AvgIpc) is 4.01. The van der Waals surface area contributed by atoms with Crippen LogP contribution < -0.4 is 18.9 Å². The summed E-state index contributed by atoms with van der Waals surface area (Å²) in [5.41, 5.74) is 5.76. The van der Waals surface area contributed by atoms with Crippen LogP contribution in [-0.2, 0) is 42.7 Å². The number of hydrogen-bond donors (Lipinski definition) is 0. The van der Waals surface area contributed by atoms with Crippen molar-refractivity contribution in [3.63, 3.8) is 0 Å². The second-order valence-corrected chi connectivity index (χ2v) is 31.9. The van der Waals surface area contributed by atoms with Crippen molar-refractivity contribution in [3.05, 3.63) is 110 Å². The van der Waals surface area contributed by atoms with Crippen LogP contribution >= 0.6 is 50.7 Å². The van der Waals surface area contributed by atoms with Crippen molar-refractivity contribution in [2.45, 2.75) is 91.5 Å². The first-order valence-corrected chi connectivity index (χ1v) is 31.9. The van der Waals surface area contributed by atoms with Crippen LogP contribution in [0, 0.1) is 0 Å². The molecule has 5 aromatic heterocycles. The maximum absolute atomic E-state index is 7.01. The zero-order chi connectivity index (χ0) is 49.5. The number of aryl methyl sites for hydroxylation is 1. The summed E-state index contributed by atoms with van der Waals surface area (Å²) in [6.45, 7) is 19.6. The zero-order valence-electron chi connectivity index (χ0n) is 40.4. The van der Waals surface area contributed by atoms with E-state index in [2.05, 4.69) is 80.2 Å². The predicted molar refractivity (Wildman–Crippen MR) is 285 cm³/mol. The number of ether oxygens (including phenoxy) is 6. The van der Waals surface area contributed by atoms with Gasteiger partial charge >= 0.3 is 0 Å². The van der Waals surface area contributed by atoms with Gasteiger partial charge in [-0.2, -0.15) is 25.0 Å². The lowest BCUT2D eigenvalue weighted by Gasteiger charge is -2.15. The molecule has 0 atom stereocenters. The normalized spacial score (nSPS) is 11.9. The van der Waals surface area contributed by atoms with Crippen molar-refractivity contribution >= 4 is 99.9 Å². The molecule has 0 aliphatic heterocycles. The molecular formula is C49H58BrCl3N8O6Si2. The van der Waals surface area contributed by atoms with Crippen LogP contribution in [-0.4, -0.2) is 82.4 Å². The molecule has 0 bridgehead atoms. The maximum Gasteiger partial charge on any atom is 0.228 e. The lowest BCUT2D eigenvalue weighted by atomic mass is 10.0. The van der Waals surface area contributed by atoms with Crippen molar-refractivity contribution in [2.75, 3.05) is 27.4 Å². The third kappa shape index (κ3) is 13.6. The zero-order valence-corrected chi connectivity index (χ0v) is 46.3. The Balaban J connectivity index is 0.000000215. The molecule has 5 heterocycles. The fourth-order valence-corrected chi connectivity index (χ4v) is 9.86. The molecule has 3 aromatic carbocycles. The van der Waals surface area contributed by atoms with Gasteiger partial charge in [0.25, 0.3) is 0 Å². The molecule has 0 aliphatic rings. The first-order chi connectivity index (χ1) is 32.9. The first-order valence-electron chi connectivity index (χ1n) is 22.5. The van der Waals surface area contributed by atoms with E-state index >= 15 is 0 Å². The summed E-state index contributed by atoms with van der Waals surface area (Å²) in [6.07, 6.45) is 5.88. The van der Waals surface area contributed by atoms with Crippen LogP contribution in [0.1, 0.15) is 18.1 Å². The first kappa shape index (κ1) is 52.1. The second kappa shape index (κ2) is 23.0. The number of rotatable bonds is 20. The Kier molecular flexibility index (Phi) is 17.4. The summed E-state index contributed by atoms with van der Waals surface area (Å²) < 4.78 is 41.2. The predicted octanol–water partition coefficient (Wildman–Crippen LogP) is 13.4. The Labute approximate surface area is 428 Å². The van der Waals surface area contributed by atoms with Gasteiger partial charge in [0.2, 0.25) is 22.3 Å². The fraction of sp³-hybridized carbons (Fsp3) is 0.367. The fourth-order valence-electron chi connectivity index (χ4n) is 7.13. The highest BCUT2D eigenvalue weighted by Gasteiger charge is 2.23. The quantitative estimate of drug-likeness (QED) is 0.0410. The summed E-state index contributed by atoms with van der Waals surface area (Å²) >= 11 is 23.2. The van der Waals surface area contributed by atoms with E-state index in [1.807, 2.05) is 100.0 Å². The number of benzene rings is 3. The van der Waals surface area contributed by atoms with Crippen LogP contribution in [0.5, 0.6) is 23.3 Å². The van der Waals surface area contributed by atoms with Gasteiger partial charge in [-0.3, -0.25) is 4.68 Å².